The molecule has 6 nitrogen and oxygen atoms in total. The van der Waals surface area contributed by atoms with Crippen molar-refractivity contribution in [2.75, 3.05) is 11.6 Å². The van der Waals surface area contributed by atoms with E-state index in [1.165, 1.54) is 12.1 Å². The lowest BCUT2D eigenvalue weighted by Gasteiger charge is -2.01. The summed E-state index contributed by atoms with van der Waals surface area (Å²) < 4.78 is 22.9. The number of hydrogen-bond acceptors (Lipinski definition) is 5. The third-order valence-corrected chi connectivity index (χ3v) is 4.14. The molecule has 2 N–H and O–H groups in total. The van der Waals surface area contributed by atoms with Crippen LogP contribution in [0.25, 0.3) is 11.3 Å². The van der Waals surface area contributed by atoms with Gasteiger partial charge in [-0.1, -0.05) is 12.1 Å². The molecule has 0 radical (unpaired) electrons. The van der Waals surface area contributed by atoms with Crippen molar-refractivity contribution < 1.29 is 18.3 Å². The maximum Gasteiger partial charge on any atom is 0.410 e. The molecule has 1 heterocycles. The molecule has 0 spiro atoms. The third-order valence-electron chi connectivity index (χ3n) is 2.28. The van der Waals surface area contributed by atoms with Crippen molar-refractivity contribution in [3.8, 4) is 11.3 Å². The smallest absolute Gasteiger partial charge is 0.410 e. The number of nitrogens with one attached hydrogen (secondary N) is 1. The largest absolute Gasteiger partial charge is 0.465 e. The molecule has 1 aromatic carbocycles. The molecule has 1 amide bonds. The van der Waals surface area contributed by atoms with Gasteiger partial charge in [0.15, 0.2) is 15.0 Å². The normalized spacial score (nSPS) is 11.2. The predicted molar refractivity (Wildman–Crippen MR) is 72.3 cm³/mol. The van der Waals surface area contributed by atoms with E-state index in [9.17, 15) is 13.2 Å². The Morgan fingerprint density at radius 1 is 1.42 bits per heavy atom. The van der Waals surface area contributed by atoms with E-state index in [0.29, 0.717) is 11.3 Å². The molecule has 0 bridgehead atoms. The third kappa shape index (κ3) is 3.30. The van der Waals surface area contributed by atoms with E-state index in [-0.39, 0.29) is 10.0 Å². The molecule has 0 fully saturated rings. The summed E-state index contributed by atoms with van der Waals surface area (Å²) in [6.07, 6.45) is -0.0595. The number of thiazole rings is 1. The molecule has 0 aliphatic heterocycles. The highest BCUT2D eigenvalue weighted by molar-refractivity contribution is 7.90. The van der Waals surface area contributed by atoms with Gasteiger partial charge in [-0.2, -0.15) is 0 Å². The Morgan fingerprint density at radius 3 is 2.79 bits per heavy atom. The second kappa shape index (κ2) is 4.98. The van der Waals surface area contributed by atoms with Crippen LogP contribution in [0.15, 0.2) is 34.5 Å². The van der Waals surface area contributed by atoms with Crippen LogP contribution in [0.1, 0.15) is 0 Å². The van der Waals surface area contributed by atoms with Gasteiger partial charge in [0.2, 0.25) is 0 Å². The number of rotatable bonds is 3. The fraction of sp³-hybridized carbons (Fsp3) is 0.0909. The fourth-order valence-electron chi connectivity index (χ4n) is 1.44. The Morgan fingerprint density at radius 2 is 2.16 bits per heavy atom. The van der Waals surface area contributed by atoms with Gasteiger partial charge in [-0.15, -0.1) is 11.3 Å². The average molecular weight is 298 g/mol. The van der Waals surface area contributed by atoms with Crippen molar-refractivity contribution in [3.05, 3.63) is 29.6 Å². The Labute approximate surface area is 113 Å². The van der Waals surface area contributed by atoms with Crippen LogP contribution in [-0.4, -0.2) is 30.9 Å². The van der Waals surface area contributed by atoms with E-state index in [0.717, 1.165) is 17.6 Å². The molecule has 0 saturated carbocycles. The van der Waals surface area contributed by atoms with E-state index in [1.807, 2.05) is 0 Å². The Hall–Kier alpha value is -1.93. The first-order valence-corrected chi connectivity index (χ1v) is 7.89. The summed E-state index contributed by atoms with van der Waals surface area (Å²) in [4.78, 5) is 14.8. The lowest BCUT2D eigenvalue weighted by atomic mass is 10.2. The molecule has 0 atom stereocenters. The molecular weight excluding hydrogens is 288 g/mol. The highest BCUT2D eigenvalue weighted by atomic mass is 32.2. The molecule has 1 aromatic heterocycles. The summed E-state index contributed by atoms with van der Waals surface area (Å²) in [6.45, 7) is 0. The number of nitrogens with zero attached hydrogens (tertiary/aromatic N) is 1. The number of anilines is 1. The van der Waals surface area contributed by atoms with Crippen LogP contribution in [-0.2, 0) is 9.84 Å². The SMILES string of the molecule is CS(=O)(=O)c1cccc(-c2csc(NC(=O)O)n2)c1. The molecule has 8 heteroatoms. The first-order valence-electron chi connectivity index (χ1n) is 5.12. The molecule has 19 heavy (non-hydrogen) atoms. The minimum Gasteiger partial charge on any atom is -0.465 e. The molecule has 100 valence electrons. The molecular formula is C11H10N2O4S2. The standard InChI is InChI=1S/C11H10N2O4S2/c1-19(16,17)8-4-2-3-7(5-8)9-6-18-10(12-9)13-11(14)15/h2-6H,1H3,(H,12,13)(H,14,15). The lowest BCUT2D eigenvalue weighted by molar-refractivity contribution is 0.209. The Kier molecular flexibility index (Phi) is 3.54. The first-order chi connectivity index (χ1) is 8.86. The summed E-state index contributed by atoms with van der Waals surface area (Å²) in [5.41, 5.74) is 1.15. The van der Waals surface area contributed by atoms with Crippen LogP contribution in [0.5, 0.6) is 0 Å². The zero-order valence-electron chi connectivity index (χ0n) is 9.82. The number of sulfone groups is 1. The zero-order chi connectivity index (χ0) is 14.0. The van der Waals surface area contributed by atoms with Gasteiger partial charge in [0.05, 0.1) is 10.6 Å². The van der Waals surface area contributed by atoms with Crippen LogP contribution in [0, 0.1) is 0 Å². The summed E-state index contributed by atoms with van der Waals surface area (Å²) in [5.74, 6) is 0. The van der Waals surface area contributed by atoms with E-state index < -0.39 is 15.9 Å². The van der Waals surface area contributed by atoms with Gasteiger partial charge in [0.1, 0.15) is 0 Å². The summed E-state index contributed by atoms with van der Waals surface area (Å²) >= 11 is 1.13. The summed E-state index contributed by atoms with van der Waals surface area (Å²) in [6, 6.07) is 6.35. The number of hydrogen-bond donors (Lipinski definition) is 2. The topological polar surface area (TPSA) is 96.4 Å². The van der Waals surface area contributed by atoms with Crippen LogP contribution < -0.4 is 5.32 Å². The molecule has 0 unspecified atom stereocenters. The molecule has 0 aliphatic carbocycles. The van der Waals surface area contributed by atoms with E-state index in [1.54, 1.807) is 17.5 Å². The fourth-order valence-corrected chi connectivity index (χ4v) is 2.82. The lowest BCUT2D eigenvalue weighted by Crippen LogP contribution is -2.06. The van der Waals surface area contributed by atoms with Gasteiger partial charge in [-0.3, -0.25) is 5.32 Å². The predicted octanol–water partition coefficient (Wildman–Crippen LogP) is 2.30. The van der Waals surface area contributed by atoms with Crippen molar-refractivity contribution in [2.45, 2.75) is 4.90 Å². The molecule has 0 saturated heterocycles. The van der Waals surface area contributed by atoms with E-state index >= 15 is 0 Å². The monoisotopic (exact) mass is 298 g/mol. The maximum absolute atomic E-state index is 11.5. The van der Waals surface area contributed by atoms with Gasteiger partial charge in [0.25, 0.3) is 0 Å². The molecule has 2 aromatic rings. The molecule has 0 aliphatic rings. The van der Waals surface area contributed by atoms with Crippen molar-refractivity contribution in [1.82, 2.24) is 4.98 Å². The average Bonchev–Trinajstić information content (AvgIpc) is 2.76. The van der Waals surface area contributed by atoms with Crippen LogP contribution in [0.2, 0.25) is 0 Å². The second-order valence-corrected chi connectivity index (χ2v) is 6.64. The quantitative estimate of drug-likeness (QED) is 0.906. The highest BCUT2D eigenvalue weighted by Crippen LogP contribution is 2.26. The second-order valence-electron chi connectivity index (χ2n) is 3.77. The number of carboxylic acid groups (broad SMARTS) is 1. The van der Waals surface area contributed by atoms with Gasteiger partial charge in [0, 0.05) is 17.2 Å². The van der Waals surface area contributed by atoms with Gasteiger partial charge >= 0.3 is 6.09 Å². The summed E-state index contributed by atoms with van der Waals surface area (Å²) in [5, 5.41) is 12.6. The van der Waals surface area contributed by atoms with Crippen molar-refractivity contribution in [2.24, 2.45) is 0 Å². The zero-order valence-corrected chi connectivity index (χ0v) is 11.5. The summed E-state index contributed by atoms with van der Waals surface area (Å²) in [7, 11) is -3.28. The van der Waals surface area contributed by atoms with Crippen molar-refractivity contribution in [3.63, 3.8) is 0 Å². The van der Waals surface area contributed by atoms with E-state index in [2.05, 4.69) is 10.3 Å². The Balaban J connectivity index is 2.37. The number of carbonyl (C=O) groups is 1. The van der Waals surface area contributed by atoms with Crippen LogP contribution in [0.4, 0.5) is 9.93 Å². The number of benzene rings is 1. The van der Waals surface area contributed by atoms with E-state index in [4.69, 9.17) is 5.11 Å². The minimum absolute atomic E-state index is 0.200. The van der Waals surface area contributed by atoms with Gasteiger partial charge in [-0.05, 0) is 12.1 Å². The number of amides is 1. The van der Waals surface area contributed by atoms with Crippen molar-refractivity contribution >= 4 is 32.4 Å². The maximum atomic E-state index is 11.5. The van der Waals surface area contributed by atoms with Gasteiger partial charge < -0.3 is 5.11 Å². The van der Waals surface area contributed by atoms with Crippen molar-refractivity contribution in [1.29, 1.82) is 0 Å². The van der Waals surface area contributed by atoms with Gasteiger partial charge in [-0.25, -0.2) is 18.2 Å². The molecule has 2 rings (SSSR count). The Bertz CT molecular complexity index is 722. The van der Waals surface area contributed by atoms with Crippen LogP contribution in [0.3, 0.4) is 0 Å². The minimum atomic E-state index is -3.28. The highest BCUT2D eigenvalue weighted by Gasteiger charge is 2.11. The van der Waals surface area contributed by atoms with Crippen LogP contribution >= 0.6 is 11.3 Å². The first kappa shape index (κ1) is 13.5. The number of aromatic nitrogens is 1.